The fraction of sp³-hybridized carbons (Fsp3) is 0.158. The Hall–Kier alpha value is -3.08. The summed E-state index contributed by atoms with van der Waals surface area (Å²) >= 11 is 0. The summed E-state index contributed by atoms with van der Waals surface area (Å²) in [6.07, 6.45) is 3.35. The van der Waals surface area contributed by atoms with Gasteiger partial charge in [-0.3, -0.25) is 9.59 Å². The molecule has 124 valence electrons. The first-order valence-electron chi connectivity index (χ1n) is 7.46. The summed E-state index contributed by atoms with van der Waals surface area (Å²) in [6, 6.07) is 10.8. The molecule has 0 aliphatic heterocycles. The standard InChI is InChI=1S/C19H18O5/c20-15-6-1-13(2-7-15)3-8-16(21)12-17(22)9-4-14-5-10-18(23)19(24)11-14/h1-2,4-7,9-11,20,23-24H,3,8,12H2/b9-4+. The Morgan fingerprint density at radius 1 is 0.917 bits per heavy atom. The Kier molecular flexibility index (Phi) is 5.73. The molecule has 3 N–H and O–H groups in total. The maximum Gasteiger partial charge on any atom is 0.163 e. The molecule has 0 unspecified atom stereocenters. The molecule has 0 aliphatic rings. The molecule has 0 amide bonds. The Balaban J connectivity index is 1.82. The van der Waals surface area contributed by atoms with Crippen LogP contribution in [0.1, 0.15) is 24.0 Å². The largest absolute Gasteiger partial charge is 0.508 e. The molecule has 2 rings (SSSR count). The maximum atomic E-state index is 11.8. The van der Waals surface area contributed by atoms with Crippen molar-refractivity contribution in [2.45, 2.75) is 19.3 Å². The van der Waals surface area contributed by atoms with Gasteiger partial charge in [-0.25, -0.2) is 0 Å². The molecule has 0 spiro atoms. The third-order valence-electron chi connectivity index (χ3n) is 3.46. The number of phenols is 3. The zero-order chi connectivity index (χ0) is 17.5. The summed E-state index contributed by atoms with van der Waals surface area (Å²) < 4.78 is 0. The van der Waals surface area contributed by atoms with Crippen molar-refractivity contribution in [2.24, 2.45) is 0 Å². The van der Waals surface area contributed by atoms with E-state index in [1.165, 1.54) is 24.3 Å². The Morgan fingerprint density at radius 2 is 1.62 bits per heavy atom. The van der Waals surface area contributed by atoms with Gasteiger partial charge < -0.3 is 15.3 Å². The van der Waals surface area contributed by atoms with Crippen LogP contribution in [0.4, 0.5) is 0 Å². The van der Waals surface area contributed by atoms with Crippen molar-refractivity contribution in [1.29, 1.82) is 0 Å². The number of aryl methyl sites for hydroxylation is 1. The first-order chi connectivity index (χ1) is 11.4. The smallest absolute Gasteiger partial charge is 0.163 e. The highest BCUT2D eigenvalue weighted by Crippen LogP contribution is 2.25. The number of allylic oxidation sites excluding steroid dienone is 1. The molecule has 0 saturated carbocycles. The molecule has 0 heterocycles. The zero-order valence-electron chi connectivity index (χ0n) is 13.0. The highest BCUT2D eigenvalue weighted by Gasteiger charge is 2.08. The van der Waals surface area contributed by atoms with Crippen LogP contribution in [0.15, 0.2) is 48.5 Å². The van der Waals surface area contributed by atoms with Gasteiger partial charge in [-0.2, -0.15) is 0 Å². The minimum Gasteiger partial charge on any atom is -0.508 e. The van der Waals surface area contributed by atoms with E-state index in [2.05, 4.69) is 0 Å². The van der Waals surface area contributed by atoms with Crippen molar-refractivity contribution in [3.63, 3.8) is 0 Å². The third kappa shape index (κ3) is 5.28. The summed E-state index contributed by atoms with van der Waals surface area (Å²) in [7, 11) is 0. The summed E-state index contributed by atoms with van der Waals surface area (Å²) in [5, 5.41) is 27.8. The second-order valence-electron chi connectivity index (χ2n) is 5.43. The van der Waals surface area contributed by atoms with E-state index in [4.69, 9.17) is 0 Å². The van der Waals surface area contributed by atoms with Gasteiger partial charge in [-0.1, -0.05) is 24.3 Å². The molecule has 0 atom stereocenters. The molecule has 0 radical (unpaired) electrons. The molecular weight excluding hydrogens is 308 g/mol. The topological polar surface area (TPSA) is 94.8 Å². The van der Waals surface area contributed by atoms with Gasteiger partial charge in [-0.15, -0.1) is 0 Å². The second-order valence-corrected chi connectivity index (χ2v) is 5.43. The average Bonchev–Trinajstić information content (AvgIpc) is 2.55. The number of hydrogen-bond donors (Lipinski definition) is 3. The van der Waals surface area contributed by atoms with Gasteiger partial charge in [0, 0.05) is 6.42 Å². The minimum atomic E-state index is -0.321. The number of carbonyl (C=O) groups is 2. The van der Waals surface area contributed by atoms with E-state index < -0.39 is 0 Å². The van der Waals surface area contributed by atoms with Crippen LogP contribution in [0, 0.1) is 0 Å². The lowest BCUT2D eigenvalue weighted by atomic mass is 10.0. The van der Waals surface area contributed by atoms with E-state index in [1.807, 2.05) is 0 Å². The number of ketones is 2. The lowest BCUT2D eigenvalue weighted by Crippen LogP contribution is -2.06. The van der Waals surface area contributed by atoms with Crippen LogP contribution in [-0.4, -0.2) is 26.9 Å². The van der Waals surface area contributed by atoms with E-state index in [0.29, 0.717) is 12.0 Å². The fourth-order valence-corrected chi connectivity index (χ4v) is 2.12. The molecular formula is C19H18O5. The van der Waals surface area contributed by atoms with E-state index in [1.54, 1.807) is 30.3 Å². The number of carbonyl (C=O) groups excluding carboxylic acids is 2. The molecule has 0 aromatic heterocycles. The molecule has 0 saturated heterocycles. The monoisotopic (exact) mass is 326 g/mol. The van der Waals surface area contributed by atoms with Crippen molar-refractivity contribution in [1.82, 2.24) is 0 Å². The zero-order valence-corrected chi connectivity index (χ0v) is 13.0. The van der Waals surface area contributed by atoms with Crippen molar-refractivity contribution >= 4 is 17.6 Å². The van der Waals surface area contributed by atoms with Crippen LogP contribution < -0.4 is 0 Å². The van der Waals surface area contributed by atoms with Gasteiger partial charge in [0.2, 0.25) is 0 Å². The fourth-order valence-electron chi connectivity index (χ4n) is 2.12. The Labute approximate surface area is 139 Å². The predicted octanol–water partition coefficient (Wildman–Crippen LogP) is 2.98. The lowest BCUT2D eigenvalue weighted by Gasteiger charge is -2.01. The quantitative estimate of drug-likeness (QED) is 0.413. The van der Waals surface area contributed by atoms with Crippen LogP contribution in [0.5, 0.6) is 17.2 Å². The van der Waals surface area contributed by atoms with Crippen LogP contribution in [0.25, 0.3) is 6.08 Å². The molecule has 0 fully saturated rings. The minimum absolute atomic E-state index is 0.161. The van der Waals surface area contributed by atoms with E-state index >= 15 is 0 Å². The van der Waals surface area contributed by atoms with Crippen LogP contribution >= 0.6 is 0 Å². The lowest BCUT2D eigenvalue weighted by molar-refractivity contribution is -0.124. The highest BCUT2D eigenvalue weighted by atomic mass is 16.3. The summed E-state index contributed by atoms with van der Waals surface area (Å²) in [5.74, 6) is -0.812. The predicted molar refractivity (Wildman–Crippen MR) is 89.9 cm³/mol. The van der Waals surface area contributed by atoms with Crippen molar-refractivity contribution in [3.8, 4) is 17.2 Å². The van der Waals surface area contributed by atoms with Crippen LogP contribution in [0.3, 0.4) is 0 Å². The van der Waals surface area contributed by atoms with Gasteiger partial charge in [0.15, 0.2) is 17.3 Å². The number of hydrogen-bond acceptors (Lipinski definition) is 5. The number of rotatable bonds is 7. The molecule has 2 aromatic carbocycles. The first-order valence-corrected chi connectivity index (χ1v) is 7.46. The molecule has 5 nitrogen and oxygen atoms in total. The van der Waals surface area contributed by atoms with Gasteiger partial charge in [0.1, 0.15) is 11.5 Å². The molecule has 0 bridgehead atoms. The van der Waals surface area contributed by atoms with E-state index in [-0.39, 0.29) is 41.7 Å². The number of benzene rings is 2. The van der Waals surface area contributed by atoms with E-state index in [0.717, 1.165) is 5.56 Å². The SMILES string of the molecule is O=C(/C=C/c1ccc(O)c(O)c1)CC(=O)CCc1ccc(O)cc1. The molecule has 0 aliphatic carbocycles. The molecule has 24 heavy (non-hydrogen) atoms. The van der Waals surface area contributed by atoms with Crippen LogP contribution in [0.2, 0.25) is 0 Å². The molecule has 2 aromatic rings. The Morgan fingerprint density at radius 3 is 2.29 bits per heavy atom. The highest BCUT2D eigenvalue weighted by molar-refractivity contribution is 6.06. The number of phenolic OH excluding ortho intramolecular Hbond substituents is 3. The van der Waals surface area contributed by atoms with Gasteiger partial charge in [0.05, 0.1) is 6.42 Å². The first kappa shape index (κ1) is 17.3. The van der Waals surface area contributed by atoms with Gasteiger partial charge >= 0.3 is 0 Å². The third-order valence-corrected chi connectivity index (χ3v) is 3.46. The van der Waals surface area contributed by atoms with Gasteiger partial charge in [-0.05, 0) is 47.9 Å². The normalized spacial score (nSPS) is 10.8. The number of aromatic hydroxyl groups is 3. The van der Waals surface area contributed by atoms with Crippen LogP contribution in [-0.2, 0) is 16.0 Å². The average molecular weight is 326 g/mol. The summed E-state index contributed by atoms with van der Waals surface area (Å²) in [5.41, 5.74) is 1.47. The van der Waals surface area contributed by atoms with Crippen molar-refractivity contribution in [2.75, 3.05) is 0 Å². The van der Waals surface area contributed by atoms with Gasteiger partial charge in [0.25, 0.3) is 0 Å². The summed E-state index contributed by atoms with van der Waals surface area (Å²) in [4.78, 5) is 23.6. The van der Waals surface area contributed by atoms with Crippen molar-refractivity contribution < 1.29 is 24.9 Å². The number of Topliss-reactive ketones (excluding diaryl/α,β-unsaturated/α-hetero) is 1. The van der Waals surface area contributed by atoms with E-state index in [9.17, 15) is 24.9 Å². The Bertz CT molecular complexity index is 760. The second kappa shape index (κ2) is 7.97. The maximum absolute atomic E-state index is 11.8. The summed E-state index contributed by atoms with van der Waals surface area (Å²) in [6.45, 7) is 0. The molecule has 5 heteroatoms. The van der Waals surface area contributed by atoms with Crippen molar-refractivity contribution in [3.05, 3.63) is 59.7 Å².